The Morgan fingerprint density at radius 1 is 1.05 bits per heavy atom. The normalized spacial score (nSPS) is 11.8. The second kappa shape index (κ2) is 6.52. The van der Waals surface area contributed by atoms with Crippen LogP contribution in [0.25, 0.3) is 12.2 Å². The lowest BCUT2D eigenvalue weighted by molar-refractivity contribution is -0.384. The topological polar surface area (TPSA) is 73.3 Å². The molecule has 0 radical (unpaired) electrons. The quantitative estimate of drug-likeness (QED) is 0.457. The summed E-state index contributed by atoms with van der Waals surface area (Å²) in [5.74, 6) is -0.0895. The zero-order chi connectivity index (χ0) is 16.3. The van der Waals surface area contributed by atoms with Crippen LogP contribution in [0.4, 0.5) is 5.69 Å². The van der Waals surface area contributed by atoms with Crippen LogP contribution in [-0.2, 0) is 3.79 Å². The Kier molecular flexibility index (Phi) is 4.90. The van der Waals surface area contributed by atoms with Gasteiger partial charge in [0.25, 0.3) is 5.69 Å². The van der Waals surface area contributed by atoms with Crippen LogP contribution in [-0.4, -0.2) is 4.92 Å². The van der Waals surface area contributed by atoms with E-state index in [4.69, 9.17) is 39.2 Å². The number of nitrogens with zero attached hydrogens (tertiary/aromatic N) is 1. The van der Waals surface area contributed by atoms with Gasteiger partial charge in [-0.15, -0.1) is 0 Å². The molecule has 8 heteroatoms. The van der Waals surface area contributed by atoms with Crippen molar-refractivity contribution in [2.45, 2.75) is 3.79 Å². The van der Waals surface area contributed by atoms with Gasteiger partial charge in [0, 0.05) is 18.2 Å². The summed E-state index contributed by atoms with van der Waals surface area (Å²) >= 11 is 17.0. The van der Waals surface area contributed by atoms with E-state index in [2.05, 4.69) is 0 Å². The Morgan fingerprint density at radius 3 is 2.18 bits per heavy atom. The molecule has 0 spiro atoms. The summed E-state index contributed by atoms with van der Waals surface area (Å²) in [6, 6.07) is 8.58. The first-order chi connectivity index (χ1) is 10.3. The first-order valence-corrected chi connectivity index (χ1v) is 7.04. The molecule has 1 aromatic heterocycles. The van der Waals surface area contributed by atoms with Gasteiger partial charge in [-0.1, -0.05) is 47.0 Å². The number of hydrogen-bond acceptors (Lipinski definition) is 4. The van der Waals surface area contributed by atoms with Gasteiger partial charge in [0.2, 0.25) is 3.79 Å². The Balaban J connectivity index is 2.28. The summed E-state index contributed by atoms with van der Waals surface area (Å²) in [5, 5.41) is 10.6. The summed E-state index contributed by atoms with van der Waals surface area (Å²) in [4.78, 5) is 21.5. The summed E-state index contributed by atoms with van der Waals surface area (Å²) in [7, 11) is 0. The number of nitro benzene ring substituents is 1. The third-order valence-corrected chi connectivity index (χ3v) is 3.20. The van der Waals surface area contributed by atoms with Crippen LogP contribution in [0.2, 0.25) is 0 Å². The second-order valence-electron chi connectivity index (χ2n) is 4.25. The number of nitro groups is 1. The maximum Gasteiger partial charge on any atom is 0.336 e. The van der Waals surface area contributed by atoms with Crippen molar-refractivity contribution in [1.29, 1.82) is 0 Å². The highest BCUT2D eigenvalue weighted by molar-refractivity contribution is 6.66. The van der Waals surface area contributed by atoms with Crippen LogP contribution >= 0.6 is 34.8 Å². The van der Waals surface area contributed by atoms with E-state index in [0.717, 1.165) is 0 Å². The zero-order valence-corrected chi connectivity index (χ0v) is 13.1. The summed E-state index contributed by atoms with van der Waals surface area (Å²) < 4.78 is 2.98. The average molecular weight is 361 g/mol. The highest BCUT2D eigenvalue weighted by Gasteiger charge is 2.26. The largest absolute Gasteiger partial charge is 0.423 e. The Hall–Kier alpha value is -1.82. The van der Waals surface area contributed by atoms with Gasteiger partial charge in [-0.05, 0) is 29.3 Å². The van der Waals surface area contributed by atoms with Gasteiger partial charge in [-0.3, -0.25) is 10.1 Å². The number of rotatable bonds is 3. The van der Waals surface area contributed by atoms with Gasteiger partial charge < -0.3 is 4.42 Å². The van der Waals surface area contributed by atoms with E-state index in [9.17, 15) is 14.9 Å². The minimum absolute atomic E-state index is 0.00371. The zero-order valence-electron chi connectivity index (χ0n) is 10.8. The fourth-order valence-electron chi connectivity index (χ4n) is 1.63. The molecular formula is C14H8Cl3NO4. The van der Waals surface area contributed by atoms with E-state index in [1.165, 1.54) is 24.3 Å². The predicted molar refractivity (Wildman–Crippen MR) is 86.2 cm³/mol. The van der Waals surface area contributed by atoms with Crippen molar-refractivity contribution in [3.05, 3.63) is 73.8 Å². The molecule has 5 nitrogen and oxygen atoms in total. The molecule has 0 aliphatic heterocycles. The van der Waals surface area contributed by atoms with Crippen molar-refractivity contribution in [1.82, 2.24) is 0 Å². The number of benzene rings is 1. The molecule has 0 bridgehead atoms. The van der Waals surface area contributed by atoms with E-state index in [1.54, 1.807) is 24.3 Å². The van der Waals surface area contributed by atoms with E-state index >= 15 is 0 Å². The molecule has 0 fully saturated rings. The van der Waals surface area contributed by atoms with Crippen LogP contribution in [0.5, 0.6) is 0 Å². The summed E-state index contributed by atoms with van der Waals surface area (Å²) in [5.41, 5.74) is 0.549. The van der Waals surface area contributed by atoms with Crippen molar-refractivity contribution in [2.24, 2.45) is 0 Å². The first-order valence-electron chi connectivity index (χ1n) is 5.90. The maximum atomic E-state index is 11.4. The third-order valence-electron chi connectivity index (χ3n) is 2.64. The molecule has 0 aliphatic carbocycles. The second-order valence-corrected chi connectivity index (χ2v) is 6.53. The van der Waals surface area contributed by atoms with E-state index < -0.39 is 14.3 Å². The van der Waals surface area contributed by atoms with Crippen LogP contribution in [0.3, 0.4) is 0 Å². The molecule has 114 valence electrons. The SMILES string of the molecule is O=c1cc(C=Cc2ccc([N+](=O)[O-])cc2)cc(C(Cl)(Cl)Cl)o1. The molecular weight excluding hydrogens is 353 g/mol. The molecule has 0 atom stereocenters. The van der Waals surface area contributed by atoms with Crippen LogP contribution in [0.1, 0.15) is 16.9 Å². The Morgan fingerprint density at radius 2 is 1.64 bits per heavy atom. The molecule has 1 heterocycles. The lowest BCUT2D eigenvalue weighted by Crippen LogP contribution is -2.07. The van der Waals surface area contributed by atoms with Crippen molar-refractivity contribution in [3.8, 4) is 0 Å². The maximum absolute atomic E-state index is 11.4. The van der Waals surface area contributed by atoms with Crippen LogP contribution < -0.4 is 5.63 Å². The van der Waals surface area contributed by atoms with Crippen molar-refractivity contribution >= 4 is 52.6 Å². The third kappa shape index (κ3) is 4.34. The van der Waals surface area contributed by atoms with Crippen molar-refractivity contribution in [2.75, 3.05) is 0 Å². The Labute approximate surface area is 139 Å². The number of non-ortho nitro benzene ring substituents is 1. The highest BCUT2D eigenvalue weighted by atomic mass is 35.6. The van der Waals surface area contributed by atoms with Crippen LogP contribution in [0.15, 0.2) is 45.6 Å². The van der Waals surface area contributed by atoms with Gasteiger partial charge in [0.05, 0.1) is 4.92 Å². The summed E-state index contributed by atoms with van der Waals surface area (Å²) in [6.45, 7) is 0. The monoisotopic (exact) mass is 359 g/mol. The number of halogens is 3. The lowest BCUT2D eigenvalue weighted by Gasteiger charge is -2.08. The Bertz CT molecular complexity index is 776. The fraction of sp³-hybridized carbons (Fsp3) is 0.0714. The van der Waals surface area contributed by atoms with E-state index in [1.807, 2.05) is 0 Å². The van der Waals surface area contributed by atoms with Gasteiger partial charge in [0.15, 0.2) is 5.76 Å². The fourth-order valence-corrected chi connectivity index (χ4v) is 1.91. The molecule has 0 unspecified atom stereocenters. The van der Waals surface area contributed by atoms with Gasteiger partial charge in [-0.2, -0.15) is 0 Å². The highest BCUT2D eigenvalue weighted by Crippen LogP contribution is 2.37. The lowest BCUT2D eigenvalue weighted by atomic mass is 10.1. The predicted octanol–water partition coefficient (Wildman–Crippen LogP) is 4.55. The van der Waals surface area contributed by atoms with Crippen molar-refractivity contribution in [3.63, 3.8) is 0 Å². The van der Waals surface area contributed by atoms with Gasteiger partial charge in [0.1, 0.15) is 0 Å². The average Bonchev–Trinajstić information content (AvgIpc) is 2.44. The molecule has 2 aromatic rings. The van der Waals surface area contributed by atoms with Gasteiger partial charge in [-0.25, -0.2) is 4.79 Å². The minimum atomic E-state index is -1.84. The smallest absolute Gasteiger partial charge is 0.336 e. The minimum Gasteiger partial charge on any atom is -0.423 e. The molecule has 0 saturated carbocycles. The summed E-state index contributed by atoms with van der Waals surface area (Å²) in [6.07, 6.45) is 3.28. The molecule has 22 heavy (non-hydrogen) atoms. The molecule has 0 amide bonds. The van der Waals surface area contributed by atoms with Crippen molar-refractivity contribution < 1.29 is 9.34 Å². The molecule has 2 rings (SSSR count). The van der Waals surface area contributed by atoms with Gasteiger partial charge >= 0.3 is 5.63 Å². The molecule has 0 aliphatic rings. The molecule has 0 saturated heterocycles. The molecule has 1 aromatic carbocycles. The number of alkyl halides is 3. The first kappa shape index (κ1) is 16.5. The molecule has 0 N–H and O–H groups in total. The van der Waals surface area contributed by atoms with E-state index in [0.29, 0.717) is 11.1 Å². The van der Waals surface area contributed by atoms with E-state index in [-0.39, 0.29) is 11.4 Å². The number of hydrogen-bond donors (Lipinski definition) is 0. The standard InChI is InChI=1S/C14H8Cl3NO4/c15-14(16,17)12-7-10(8-13(19)22-12)2-1-9-3-5-11(6-4-9)18(20)21/h1-8H. The van der Waals surface area contributed by atoms with Crippen LogP contribution in [0, 0.1) is 10.1 Å².